The van der Waals surface area contributed by atoms with E-state index in [-0.39, 0.29) is 0 Å². The number of hydrogen-bond acceptors (Lipinski definition) is 3. The fourth-order valence-corrected chi connectivity index (χ4v) is 1.61. The molecule has 1 aromatic heterocycles. The van der Waals surface area contributed by atoms with Crippen LogP contribution in [0.25, 0.3) is 11.3 Å². The highest BCUT2D eigenvalue weighted by molar-refractivity contribution is 5.69. The minimum Gasteiger partial charge on any atom is -0.493 e. The molecule has 0 radical (unpaired) electrons. The quantitative estimate of drug-likeness (QED) is 0.874. The van der Waals surface area contributed by atoms with Gasteiger partial charge < -0.3 is 10.5 Å². The zero-order valence-corrected chi connectivity index (χ0v) is 9.89. The van der Waals surface area contributed by atoms with E-state index in [4.69, 9.17) is 10.5 Å². The van der Waals surface area contributed by atoms with Crippen LogP contribution in [-0.2, 0) is 0 Å². The van der Waals surface area contributed by atoms with Crippen molar-refractivity contribution < 1.29 is 4.74 Å². The van der Waals surface area contributed by atoms with Crippen LogP contribution in [0.4, 0.5) is 5.69 Å². The normalized spacial score (nSPS) is 10.2. The van der Waals surface area contributed by atoms with Gasteiger partial charge in [-0.05, 0) is 30.7 Å². The summed E-state index contributed by atoms with van der Waals surface area (Å²) >= 11 is 0. The van der Waals surface area contributed by atoms with Crippen molar-refractivity contribution in [2.24, 2.45) is 0 Å². The molecule has 88 valence electrons. The van der Waals surface area contributed by atoms with E-state index in [1.807, 2.05) is 30.3 Å². The van der Waals surface area contributed by atoms with Gasteiger partial charge in [0.05, 0.1) is 12.3 Å². The number of para-hydroxylation sites is 1. The molecule has 0 aliphatic heterocycles. The predicted octanol–water partition coefficient (Wildman–Crippen LogP) is 3.12. The van der Waals surface area contributed by atoms with Crippen molar-refractivity contribution >= 4 is 5.69 Å². The molecule has 2 rings (SSSR count). The Morgan fingerprint density at radius 1 is 1.24 bits per heavy atom. The largest absolute Gasteiger partial charge is 0.493 e. The van der Waals surface area contributed by atoms with Gasteiger partial charge in [0.1, 0.15) is 5.75 Å². The van der Waals surface area contributed by atoms with Gasteiger partial charge in [-0.3, -0.25) is 4.98 Å². The Morgan fingerprint density at radius 3 is 2.82 bits per heavy atom. The van der Waals surface area contributed by atoms with Crippen LogP contribution in [0.3, 0.4) is 0 Å². The summed E-state index contributed by atoms with van der Waals surface area (Å²) in [6.45, 7) is 2.79. The second-order valence-electron chi connectivity index (χ2n) is 3.82. The van der Waals surface area contributed by atoms with Crippen LogP contribution in [0, 0.1) is 0 Å². The average molecular weight is 228 g/mol. The number of pyridine rings is 1. The number of hydrogen-bond donors (Lipinski definition) is 1. The van der Waals surface area contributed by atoms with Crippen molar-refractivity contribution in [3.8, 4) is 17.0 Å². The number of anilines is 1. The van der Waals surface area contributed by atoms with Crippen molar-refractivity contribution in [1.82, 2.24) is 4.98 Å². The monoisotopic (exact) mass is 228 g/mol. The second-order valence-corrected chi connectivity index (χ2v) is 3.82. The molecule has 2 aromatic rings. The molecule has 0 spiro atoms. The van der Waals surface area contributed by atoms with Crippen LogP contribution >= 0.6 is 0 Å². The average Bonchev–Trinajstić information content (AvgIpc) is 2.37. The van der Waals surface area contributed by atoms with Gasteiger partial charge in [0, 0.05) is 17.4 Å². The first kappa shape index (κ1) is 11.5. The summed E-state index contributed by atoms with van der Waals surface area (Å²) in [6.07, 6.45) is 2.69. The molecular formula is C14H16N2O. The smallest absolute Gasteiger partial charge is 0.128 e. The Balaban J connectivity index is 2.37. The number of benzene rings is 1. The van der Waals surface area contributed by atoms with Crippen LogP contribution in [0.2, 0.25) is 0 Å². The summed E-state index contributed by atoms with van der Waals surface area (Å²) < 4.78 is 5.70. The summed E-state index contributed by atoms with van der Waals surface area (Å²) in [5.41, 5.74) is 8.30. The zero-order valence-electron chi connectivity index (χ0n) is 9.89. The van der Waals surface area contributed by atoms with Gasteiger partial charge in [-0.15, -0.1) is 0 Å². The standard InChI is InChI=1S/C14H16N2O/c1-2-9-17-14-6-4-3-5-12(14)13-10-11(15)7-8-16-13/h3-8,10H,2,9H2,1H3,(H2,15,16). The number of rotatable bonds is 4. The second kappa shape index (κ2) is 5.34. The van der Waals surface area contributed by atoms with E-state index < -0.39 is 0 Å². The van der Waals surface area contributed by atoms with E-state index >= 15 is 0 Å². The Kier molecular flexibility index (Phi) is 3.60. The van der Waals surface area contributed by atoms with Crippen molar-refractivity contribution in [2.45, 2.75) is 13.3 Å². The third-order valence-corrected chi connectivity index (χ3v) is 2.41. The molecule has 17 heavy (non-hydrogen) atoms. The van der Waals surface area contributed by atoms with E-state index in [9.17, 15) is 0 Å². The zero-order chi connectivity index (χ0) is 12.1. The van der Waals surface area contributed by atoms with E-state index in [1.54, 1.807) is 12.3 Å². The number of nitrogens with zero attached hydrogens (tertiary/aromatic N) is 1. The Morgan fingerprint density at radius 2 is 2.06 bits per heavy atom. The minimum absolute atomic E-state index is 0.708. The van der Waals surface area contributed by atoms with Gasteiger partial charge in [0.15, 0.2) is 0 Å². The van der Waals surface area contributed by atoms with E-state index in [0.717, 1.165) is 23.4 Å². The van der Waals surface area contributed by atoms with Crippen LogP contribution in [0.1, 0.15) is 13.3 Å². The first-order valence-corrected chi connectivity index (χ1v) is 5.75. The number of nitrogens with two attached hydrogens (primary N) is 1. The Hall–Kier alpha value is -2.03. The molecule has 0 atom stereocenters. The maximum atomic E-state index is 5.77. The van der Waals surface area contributed by atoms with Gasteiger partial charge in [-0.25, -0.2) is 0 Å². The summed E-state index contributed by atoms with van der Waals surface area (Å²) in [5.74, 6) is 0.854. The Labute approximate surface area is 101 Å². The van der Waals surface area contributed by atoms with E-state index in [2.05, 4.69) is 11.9 Å². The number of aromatic nitrogens is 1. The molecule has 0 aliphatic carbocycles. The van der Waals surface area contributed by atoms with Crippen molar-refractivity contribution in [1.29, 1.82) is 0 Å². The molecule has 1 heterocycles. The van der Waals surface area contributed by atoms with Gasteiger partial charge >= 0.3 is 0 Å². The lowest BCUT2D eigenvalue weighted by atomic mass is 10.1. The fourth-order valence-electron chi connectivity index (χ4n) is 1.61. The lowest BCUT2D eigenvalue weighted by Crippen LogP contribution is -1.97. The number of ether oxygens (including phenoxy) is 1. The van der Waals surface area contributed by atoms with Gasteiger partial charge in [0.2, 0.25) is 0 Å². The van der Waals surface area contributed by atoms with Crippen molar-refractivity contribution in [3.63, 3.8) is 0 Å². The molecule has 3 nitrogen and oxygen atoms in total. The van der Waals surface area contributed by atoms with Gasteiger partial charge in [0.25, 0.3) is 0 Å². The molecular weight excluding hydrogens is 212 g/mol. The maximum Gasteiger partial charge on any atom is 0.128 e. The van der Waals surface area contributed by atoms with Crippen LogP contribution < -0.4 is 10.5 Å². The molecule has 0 bridgehead atoms. The number of nitrogen functional groups attached to an aromatic ring is 1. The molecule has 0 fully saturated rings. The molecule has 0 aliphatic rings. The van der Waals surface area contributed by atoms with Crippen molar-refractivity contribution in [3.05, 3.63) is 42.6 Å². The van der Waals surface area contributed by atoms with Crippen LogP contribution in [-0.4, -0.2) is 11.6 Å². The molecule has 0 amide bonds. The third-order valence-electron chi connectivity index (χ3n) is 2.41. The van der Waals surface area contributed by atoms with Crippen LogP contribution in [0.5, 0.6) is 5.75 Å². The molecule has 1 aromatic carbocycles. The first-order valence-electron chi connectivity index (χ1n) is 5.75. The minimum atomic E-state index is 0.708. The summed E-state index contributed by atoms with van der Waals surface area (Å²) in [6, 6.07) is 11.5. The molecule has 2 N–H and O–H groups in total. The lowest BCUT2D eigenvalue weighted by molar-refractivity contribution is 0.318. The molecule has 0 unspecified atom stereocenters. The highest BCUT2D eigenvalue weighted by Crippen LogP contribution is 2.29. The predicted molar refractivity (Wildman–Crippen MR) is 69.9 cm³/mol. The van der Waals surface area contributed by atoms with Gasteiger partial charge in [-0.1, -0.05) is 19.1 Å². The van der Waals surface area contributed by atoms with Gasteiger partial charge in [-0.2, -0.15) is 0 Å². The molecule has 0 saturated heterocycles. The van der Waals surface area contributed by atoms with E-state index in [0.29, 0.717) is 12.3 Å². The topological polar surface area (TPSA) is 48.1 Å². The summed E-state index contributed by atoms with van der Waals surface area (Å²) in [7, 11) is 0. The highest BCUT2D eigenvalue weighted by atomic mass is 16.5. The molecule has 0 saturated carbocycles. The fraction of sp³-hybridized carbons (Fsp3) is 0.214. The maximum absolute atomic E-state index is 5.77. The van der Waals surface area contributed by atoms with Crippen LogP contribution in [0.15, 0.2) is 42.6 Å². The first-order chi connectivity index (χ1) is 8.31. The summed E-state index contributed by atoms with van der Waals surface area (Å²) in [4.78, 5) is 4.32. The summed E-state index contributed by atoms with van der Waals surface area (Å²) in [5, 5.41) is 0. The third kappa shape index (κ3) is 2.75. The highest BCUT2D eigenvalue weighted by Gasteiger charge is 2.06. The lowest BCUT2D eigenvalue weighted by Gasteiger charge is -2.10. The SMILES string of the molecule is CCCOc1ccccc1-c1cc(N)ccn1. The molecule has 3 heteroatoms. The van der Waals surface area contributed by atoms with Crippen molar-refractivity contribution in [2.75, 3.05) is 12.3 Å². The Bertz CT molecular complexity index is 497. The van der Waals surface area contributed by atoms with E-state index in [1.165, 1.54) is 0 Å².